The van der Waals surface area contributed by atoms with E-state index in [2.05, 4.69) is 33.2 Å². The largest absolute Gasteiger partial charge is 0.314 e. The highest BCUT2D eigenvalue weighted by atomic mass is 15.2. The zero-order valence-electron chi connectivity index (χ0n) is 12.0. The lowest BCUT2D eigenvalue weighted by atomic mass is 9.97. The summed E-state index contributed by atoms with van der Waals surface area (Å²) in [6, 6.07) is 4.28. The highest BCUT2D eigenvalue weighted by Crippen LogP contribution is 2.36. The lowest BCUT2D eigenvalue weighted by Crippen LogP contribution is -2.48. The maximum absolute atomic E-state index is 4.55. The van der Waals surface area contributed by atoms with Gasteiger partial charge < -0.3 is 5.32 Å². The number of rotatable bonds is 4. The number of fused-ring (bicyclic) bond motifs is 2. The minimum Gasteiger partial charge on any atom is -0.314 e. The van der Waals surface area contributed by atoms with Crippen molar-refractivity contribution in [1.29, 1.82) is 0 Å². The summed E-state index contributed by atoms with van der Waals surface area (Å²) >= 11 is 0. The Morgan fingerprint density at radius 3 is 2.68 bits per heavy atom. The summed E-state index contributed by atoms with van der Waals surface area (Å²) in [6.45, 7) is 6.26. The van der Waals surface area contributed by atoms with Gasteiger partial charge in [0.1, 0.15) is 5.82 Å². The standard InChI is InChI=1S/C15H24N4/c1-3-16-13-8-14-4-5-15(9-13)19(14)10-12-6-7-17-11(2)18-12/h6-7,13-16H,3-5,8-10H2,1-2H3. The van der Waals surface area contributed by atoms with Gasteiger partial charge in [0.05, 0.1) is 5.69 Å². The van der Waals surface area contributed by atoms with Crippen LogP contribution in [-0.4, -0.2) is 39.5 Å². The minimum atomic E-state index is 0.728. The topological polar surface area (TPSA) is 41.0 Å². The lowest BCUT2D eigenvalue weighted by molar-refractivity contribution is 0.108. The smallest absolute Gasteiger partial charge is 0.125 e. The van der Waals surface area contributed by atoms with Crippen LogP contribution in [0.3, 0.4) is 0 Å². The number of hydrogen-bond acceptors (Lipinski definition) is 4. The maximum atomic E-state index is 4.55. The van der Waals surface area contributed by atoms with Crippen LogP contribution in [0.15, 0.2) is 12.3 Å². The Bertz CT molecular complexity index is 420. The van der Waals surface area contributed by atoms with Crippen LogP contribution in [-0.2, 0) is 6.54 Å². The average Bonchev–Trinajstić information content (AvgIpc) is 2.62. The second-order valence-corrected chi connectivity index (χ2v) is 5.88. The van der Waals surface area contributed by atoms with Crippen LogP contribution in [0.4, 0.5) is 0 Å². The zero-order chi connectivity index (χ0) is 13.2. The van der Waals surface area contributed by atoms with E-state index in [1.165, 1.54) is 31.4 Å². The molecule has 4 nitrogen and oxygen atoms in total. The summed E-state index contributed by atoms with van der Waals surface area (Å²) in [5.74, 6) is 0.882. The highest BCUT2D eigenvalue weighted by molar-refractivity contribution is 5.05. The summed E-state index contributed by atoms with van der Waals surface area (Å²) < 4.78 is 0. The second kappa shape index (κ2) is 5.55. The van der Waals surface area contributed by atoms with Gasteiger partial charge in [-0.1, -0.05) is 6.92 Å². The van der Waals surface area contributed by atoms with Crippen molar-refractivity contribution in [3.63, 3.8) is 0 Å². The van der Waals surface area contributed by atoms with Crippen molar-refractivity contribution in [1.82, 2.24) is 20.2 Å². The lowest BCUT2D eigenvalue weighted by Gasteiger charge is -2.39. The SMILES string of the molecule is CCNC1CC2CCC(C1)N2Cc1ccnc(C)n1. The van der Waals surface area contributed by atoms with Crippen LogP contribution in [0.25, 0.3) is 0 Å². The van der Waals surface area contributed by atoms with Gasteiger partial charge in [0, 0.05) is 30.9 Å². The first kappa shape index (κ1) is 13.0. The summed E-state index contributed by atoms with van der Waals surface area (Å²) in [5, 5.41) is 3.63. The molecule has 0 amide bonds. The number of aryl methyl sites for hydroxylation is 1. The molecule has 0 spiro atoms. The molecule has 0 aliphatic carbocycles. The van der Waals surface area contributed by atoms with Crippen LogP contribution >= 0.6 is 0 Å². The van der Waals surface area contributed by atoms with Crippen molar-refractivity contribution in [2.24, 2.45) is 0 Å². The van der Waals surface area contributed by atoms with E-state index in [-0.39, 0.29) is 0 Å². The molecule has 19 heavy (non-hydrogen) atoms. The second-order valence-electron chi connectivity index (χ2n) is 5.88. The monoisotopic (exact) mass is 260 g/mol. The maximum Gasteiger partial charge on any atom is 0.125 e. The van der Waals surface area contributed by atoms with Crippen molar-refractivity contribution in [3.8, 4) is 0 Å². The number of nitrogens with one attached hydrogen (secondary N) is 1. The van der Waals surface area contributed by atoms with Gasteiger partial charge in [-0.2, -0.15) is 0 Å². The van der Waals surface area contributed by atoms with E-state index in [4.69, 9.17) is 0 Å². The fourth-order valence-corrected chi connectivity index (χ4v) is 3.77. The van der Waals surface area contributed by atoms with Gasteiger partial charge in [0.25, 0.3) is 0 Å². The number of piperidine rings is 1. The number of aromatic nitrogens is 2. The van der Waals surface area contributed by atoms with Crippen LogP contribution in [0.5, 0.6) is 0 Å². The van der Waals surface area contributed by atoms with E-state index in [1.54, 1.807) is 0 Å². The zero-order valence-corrected chi connectivity index (χ0v) is 12.0. The molecule has 4 heteroatoms. The Balaban J connectivity index is 1.67. The predicted octanol–water partition coefficient (Wildman–Crippen LogP) is 1.89. The van der Waals surface area contributed by atoms with Crippen molar-refractivity contribution < 1.29 is 0 Å². The normalized spacial score (nSPS) is 30.7. The van der Waals surface area contributed by atoms with Crippen molar-refractivity contribution in [2.75, 3.05) is 6.54 Å². The van der Waals surface area contributed by atoms with Gasteiger partial charge in [-0.15, -0.1) is 0 Å². The molecule has 3 rings (SSSR count). The van der Waals surface area contributed by atoms with Gasteiger partial charge >= 0.3 is 0 Å². The molecule has 0 radical (unpaired) electrons. The summed E-state index contributed by atoms with van der Waals surface area (Å²) in [4.78, 5) is 11.4. The van der Waals surface area contributed by atoms with Crippen LogP contribution in [0.2, 0.25) is 0 Å². The molecule has 0 aromatic carbocycles. The first-order chi connectivity index (χ1) is 9.26. The van der Waals surface area contributed by atoms with Gasteiger partial charge in [-0.05, 0) is 45.2 Å². The van der Waals surface area contributed by atoms with Gasteiger partial charge in [-0.25, -0.2) is 9.97 Å². The Morgan fingerprint density at radius 2 is 2.05 bits per heavy atom. The van der Waals surface area contributed by atoms with Crippen molar-refractivity contribution in [3.05, 3.63) is 23.8 Å². The van der Waals surface area contributed by atoms with E-state index in [9.17, 15) is 0 Å². The molecule has 3 heterocycles. The third kappa shape index (κ3) is 2.79. The van der Waals surface area contributed by atoms with Gasteiger partial charge in [-0.3, -0.25) is 4.90 Å². The van der Waals surface area contributed by atoms with E-state index < -0.39 is 0 Å². The quantitative estimate of drug-likeness (QED) is 0.897. The Labute approximate surface area is 115 Å². The third-order valence-electron chi connectivity index (χ3n) is 4.56. The minimum absolute atomic E-state index is 0.728. The highest BCUT2D eigenvalue weighted by Gasteiger charge is 2.40. The summed E-state index contributed by atoms with van der Waals surface area (Å²) in [5.41, 5.74) is 1.17. The Hall–Kier alpha value is -1.00. The van der Waals surface area contributed by atoms with Crippen molar-refractivity contribution >= 4 is 0 Å². The van der Waals surface area contributed by atoms with Crippen LogP contribution in [0.1, 0.15) is 44.1 Å². The molecule has 2 aliphatic rings. The van der Waals surface area contributed by atoms with Gasteiger partial charge in [0.2, 0.25) is 0 Å². The molecule has 104 valence electrons. The molecule has 1 aromatic heterocycles. The molecule has 0 saturated carbocycles. The molecule has 2 unspecified atom stereocenters. The summed E-state index contributed by atoms with van der Waals surface area (Å²) in [7, 11) is 0. The van der Waals surface area contributed by atoms with Crippen LogP contribution in [0, 0.1) is 6.92 Å². The van der Waals surface area contributed by atoms with E-state index in [0.717, 1.165) is 37.0 Å². The number of hydrogen-bond donors (Lipinski definition) is 1. The van der Waals surface area contributed by atoms with Crippen LogP contribution < -0.4 is 5.32 Å². The van der Waals surface area contributed by atoms with Crippen molar-refractivity contribution in [2.45, 2.75) is 64.2 Å². The van der Waals surface area contributed by atoms with E-state index >= 15 is 0 Å². The average molecular weight is 260 g/mol. The molecule has 1 aromatic rings. The van der Waals surface area contributed by atoms with E-state index in [0.29, 0.717) is 0 Å². The predicted molar refractivity (Wildman–Crippen MR) is 75.8 cm³/mol. The molecule has 2 aliphatic heterocycles. The fraction of sp³-hybridized carbons (Fsp3) is 0.733. The fourth-order valence-electron chi connectivity index (χ4n) is 3.77. The number of nitrogens with zero attached hydrogens (tertiary/aromatic N) is 3. The Kier molecular flexibility index (Phi) is 3.80. The molecule has 1 N–H and O–H groups in total. The molecular weight excluding hydrogens is 236 g/mol. The molecule has 2 atom stereocenters. The molecular formula is C15H24N4. The first-order valence-corrected chi connectivity index (χ1v) is 7.54. The summed E-state index contributed by atoms with van der Waals surface area (Å²) in [6.07, 6.45) is 7.20. The Morgan fingerprint density at radius 1 is 1.32 bits per heavy atom. The molecule has 2 bridgehead atoms. The van der Waals surface area contributed by atoms with E-state index in [1.807, 2.05) is 13.1 Å². The molecule has 2 fully saturated rings. The molecule has 2 saturated heterocycles. The van der Waals surface area contributed by atoms with Gasteiger partial charge in [0.15, 0.2) is 0 Å². The third-order valence-corrected chi connectivity index (χ3v) is 4.56. The first-order valence-electron chi connectivity index (χ1n) is 7.54.